The predicted molar refractivity (Wildman–Crippen MR) is 96.8 cm³/mol. The van der Waals surface area contributed by atoms with Crippen LogP contribution in [0.25, 0.3) is 11.4 Å². The van der Waals surface area contributed by atoms with E-state index in [9.17, 15) is 4.79 Å². The maximum absolute atomic E-state index is 11.8. The molecule has 2 aromatic rings. The van der Waals surface area contributed by atoms with Gasteiger partial charge < -0.3 is 4.74 Å². The van der Waals surface area contributed by atoms with Crippen molar-refractivity contribution in [2.75, 3.05) is 0 Å². The van der Waals surface area contributed by atoms with E-state index in [1.54, 1.807) is 11.0 Å². The number of aromatic nitrogens is 4. The second kappa shape index (κ2) is 8.23. The molecule has 2 rings (SSSR count). The lowest BCUT2D eigenvalue weighted by Crippen LogP contribution is -2.24. The van der Waals surface area contributed by atoms with Crippen LogP contribution in [0.1, 0.15) is 52.7 Å². The second-order valence-electron chi connectivity index (χ2n) is 7.55. The molecule has 0 fully saturated rings. The summed E-state index contributed by atoms with van der Waals surface area (Å²) in [6.45, 7) is 7.84. The fraction of sp³-hybridized carbons (Fsp3) is 0.579. The number of esters is 1. The highest BCUT2D eigenvalue weighted by Crippen LogP contribution is 2.18. The van der Waals surface area contributed by atoms with Crippen LogP contribution >= 0.6 is 0 Å². The monoisotopic (exact) mass is 344 g/mol. The van der Waals surface area contributed by atoms with Crippen molar-refractivity contribution in [3.63, 3.8) is 0 Å². The molecule has 0 saturated heterocycles. The minimum atomic E-state index is -0.408. The fourth-order valence-corrected chi connectivity index (χ4v) is 2.47. The second-order valence-corrected chi connectivity index (χ2v) is 7.55. The summed E-state index contributed by atoms with van der Waals surface area (Å²) in [5.74, 6) is 1.02. The van der Waals surface area contributed by atoms with Crippen LogP contribution in [0, 0.1) is 5.92 Å². The van der Waals surface area contributed by atoms with Crippen LogP contribution in [0.5, 0.6) is 0 Å². The largest absolute Gasteiger partial charge is 0.460 e. The predicted octanol–water partition coefficient (Wildman–Crippen LogP) is 3.57. The quantitative estimate of drug-likeness (QED) is 0.718. The summed E-state index contributed by atoms with van der Waals surface area (Å²) in [7, 11) is 1.84. The standard InChI is InChI=1S/C19H28N4O2/c1-14(7-11-17(24)25-19(2,3)4)6-9-16-10-8-15(12-20-16)18-21-13-23(5)22-18/h8,10,12-14H,6-7,9,11H2,1-5H3. The molecular weight excluding hydrogens is 316 g/mol. The molecule has 0 aliphatic rings. The third-order valence-electron chi connectivity index (χ3n) is 3.84. The average Bonchev–Trinajstić information content (AvgIpc) is 2.96. The molecule has 6 nitrogen and oxygen atoms in total. The molecule has 0 aliphatic heterocycles. The Labute approximate surface area is 149 Å². The molecule has 0 radical (unpaired) electrons. The minimum absolute atomic E-state index is 0.121. The average molecular weight is 344 g/mol. The Morgan fingerprint density at radius 3 is 2.56 bits per heavy atom. The molecule has 1 unspecified atom stereocenters. The van der Waals surface area contributed by atoms with Gasteiger partial charge in [-0.3, -0.25) is 14.5 Å². The molecule has 2 heterocycles. The van der Waals surface area contributed by atoms with Crippen molar-refractivity contribution in [3.8, 4) is 11.4 Å². The van der Waals surface area contributed by atoms with Gasteiger partial charge in [0.25, 0.3) is 0 Å². The molecule has 0 N–H and O–H groups in total. The molecule has 25 heavy (non-hydrogen) atoms. The third kappa shape index (κ3) is 6.64. The summed E-state index contributed by atoms with van der Waals surface area (Å²) < 4.78 is 7.02. The molecule has 136 valence electrons. The Kier molecular flexibility index (Phi) is 6.28. The van der Waals surface area contributed by atoms with E-state index >= 15 is 0 Å². The molecule has 0 spiro atoms. The molecule has 0 amide bonds. The lowest BCUT2D eigenvalue weighted by molar-refractivity contribution is -0.155. The smallest absolute Gasteiger partial charge is 0.306 e. The van der Waals surface area contributed by atoms with E-state index in [1.165, 1.54) is 0 Å². The summed E-state index contributed by atoms with van der Waals surface area (Å²) in [6, 6.07) is 4.02. The van der Waals surface area contributed by atoms with Crippen LogP contribution in [-0.4, -0.2) is 31.3 Å². The number of hydrogen-bond acceptors (Lipinski definition) is 5. The van der Waals surface area contributed by atoms with E-state index in [2.05, 4.69) is 22.0 Å². The van der Waals surface area contributed by atoms with Gasteiger partial charge in [-0.25, -0.2) is 4.98 Å². The van der Waals surface area contributed by atoms with Crippen LogP contribution < -0.4 is 0 Å². The van der Waals surface area contributed by atoms with Crippen LogP contribution in [0.15, 0.2) is 24.7 Å². The van der Waals surface area contributed by atoms with Crippen molar-refractivity contribution in [1.82, 2.24) is 19.7 Å². The summed E-state index contributed by atoms with van der Waals surface area (Å²) in [5, 5.41) is 4.27. The Morgan fingerprint density at radius 1 is 1.24 bits per heavy atom. The van der Waals surface area contributed by atoms with Gasteiger partial charge in [0, 0.05) is 30.9 Å². The molecule has 1 atom stereocenters. The van der Waals surface area contributed by atoms with E-state index in [-0.39, 0.29) is 5.97 Å². The molecule has 6 heteroatoms. The Morgan fingerprint density at radius 2 is 2.00 bits per heavy atom. The van der Waals surface area contributed by atoms with Gasteiger partial charge in [-0.05, 0) is 58.1 Å². The molecule has 0 saturated carbocycles. The Bertz CT molecular complexity index is 686. The van der Waals surface area contributed by atoms with Crippen LogP contribution in [0.4, 0.5) is 0 Å². The molecule has 0 aromatic carbocycles. The maximum Gasteiger partial charge on any atom is 0.306 e. The van der Waals surface area contributed by atoms with Gasteiger partial charge in [0.15, 0.2) is 5.82 Å². The normalized spacial score (nSPS) is 12.8. The zero-order chi connectivity index (χ0) is 18.4. The van der Waals surface area contributed by atoms with Crippen molar-refractivity contribution in [3.05, 3.63) is 30.4 Å². The van der Waals surface area contributed by atoms with Gasteiger partial charge >= 0.3 is 5.97 Å². The van der Waals surface area contributed by atoms with Gasteiger partial charge in [-0.1, -0.05) is 6.92 Å². The fourth-order valence-electron chi connectivity index (χ4n) is 2.47. The number of nitrogens with zero attached hydrogens (tertiary/aromatic N) is 4. The van der Waals surface area contributed by atoms with E-state index in [0.717, 1.165) is 30.5 Å². The van der Waals surface area contributed by atoms with Crippen molar-refractivity contribution in [1.29, 1.82) is 0 Å². The maximum atomic E-state index is 11.8. The lowest BCUT2D eigenvalue weighted by atomic mass is 9.98. The topological polar surface area (TPSA) is 69.9 Å². The summed E-state index contributed by atoms with van der Waals surface area (Å²) in [4.78, 5) is 20.5. The van der Waals surface area contributed by atoms with Gasteiger partial charge in [0.2, 0.25) is 0 Å². The van der Waals surface area contributed by atoms with Crippen molar-refractivity contribution < 1.29 is 9.53 Å². The summed E-state index contributed by atoms with van der Waals surface area (Å²) >= 11 is 0. The van der Waals surface area contributed by atoms with Crippen molar-refractivity contribution in [2.45, 2.75) is 59.0 Å². The van der Waals surface area contributed by atoms with Crippen LogP contribution in [0.2, 0.25) is 0 Å². The summed E-state index contributed by atoms with van der Waals surface area (Å²) in [6.07, 6.45) is 6.69. The number of aryl methyl sites for hydroxylation is 2. The summed E-state index contributed by atoms with van der Waals surface area (Å²) in [5.41, 5.74) is 1.56. The van der Waals surface area contributed by atoms with E-state index in [4.69, 9.17) is 4.74 Å². The number of ether oxygens (including phenoxy) is 1. The SMILES string of the molecule is CC(CCC(=O)OC(C)(C)C)CCc1ccc(-c2ncn(C)n2)cn1. The minimum Gasteiger partial charge on any atom is -0.460 e. The van der Waals surface area contributed by atoms with Gasteiger partial charge in [0.1, 0.15) is 11.9 Å². The first-order valence-corrected chi connectivity index (χ1v) is 8.76. The first kappa shape index (κ1) is 19.1. The molecular formula is C19H28N4O2. The van der Waals surface area contributed by atoms with E-state index in [1.807, 2.05) is 46.1 Å². The third-order valence-corrected chi connectivity index (χ3v) is 3.84. The zero-order valence-corrected chi connectivity index (χ0v) is 15.8. The van der Waals surface area contributed by atoms with Gasteiger partial charge in [-0.2, -0.15) is 5.10 Å². The highest BCUT2D eigenvalue weighted by Gasteiger charge is 2.17. The Balaban J connectivity index is 1.76. The highest BCUT2D eigenvalue weighted by atomic mass is 16.6. The number of carbonyl (C=O) groups is 1. The van der Waals surface area contributed by atoms with E-state index < -0.39 is 5.60 Å². The first-order valence-electron chi connectivity index (χ1n) is 8.76. The number of carbonyl (C=O) groups excluding carboxylic acids is 1. The lowest BCUT2D eigenvalue weighted by Gasteiger charge is -2.20. The molecule has 0 bridgehead atoms. The highest BCUT2D eigenvalue weighted by molar-refractivity contribution is 5.69. The number of rotatable bonds is 7. The molecule has 0 aliphatic carbocycles. The van der Waals surface area contributed by atoms with Gasteiger partial charge in [-0.15, -0.1) is 0 Å². The Hall–Kier alpha value is -2.24. The molecule has 2 aromatic heterocycles. The van der Waals surface area contributed by atoms with Crippen LogP contribution in [0.3, 0.4) is 0 Å². The van der Waals surface area contributed by atoms with Crippen molar-refractivity contribution >= 4 is 5.97 Å². The van der Waals surface area contributed by atoms with E-state index in [0.29, 0.717) is 18.2 Å². The number of hydrogen-bond donors (Lipinski definition) is 0. The number of pyridine rings is 1. The van der Waals surface area contributed by atoms with Gasteiger partial charge in [0.05, 0.1) is 0 Å². The first-order chi connectivity index (χ1) is 11.7. The zero-order valence-electron chi connectivity index (χ0n) is 15.8. The van der Waals surface area contributed by atoms with Crippen molar-refractivity contribution in [2.24, 2.45) is 13.0 Å². The van der Waals surface area contributed by atoms with Crippen LogP contribution in [-0.2, 0) is 23.0 Å².